The molecular formula is C27H25N3O4. The molecule has 172 valence electrons. The maximum absolute atomic E-state index is 12.9. The molecule has 4 rings (SSSR count). The van der Waals surface area contributed by atoms with Crippen molar-refractivity contribution in [2.24, 2.45) is 0 Å². The first-order valence-corrected chi connectivity index (χ1v) is 10.9. The minimum absolute atomic E-state index is 0.262. The van der Waals surface area contributed by atoms with E-state index >= 15 is 0 Å². The van der Waals surface area contributed by atoms with Crippen molar-refractivity contribution in [1.82, 2.24) is 9.97 Å². The van der Waals surface area contributed by atoms with Crippen molar-refractivity contribution in [3.05, 3.63) is 108 Å². The van der Waals surface area contributed by atoms with Crippen molar-refractivity contribution in [3.8, 4) is 17.2 Å². The lowest BCUT2D eigenvalue weighted by Gasteiger charge is -2.14. The van der Waals surface area contributed by atoms with Gasteiger partial charge in [0.25, 0.3) is 5.91 Å². The molecular weight excluding hydrogens is 430 g/mol. The third kappa shape index (κ3) is 6.32. The van der Waals surface area contributed by atoms with E-state index in [0.717, 1.165) is 11.3 Å². The van der Waals surface area contributed by atoms with Gasteiger partial charge in [-0.25, -0.2) is 0 Å². The molecule has 0 fully saturated rings. The largest absolute Gasteiger partial charge is 0.490 e. The summed E-state index contributed by atoms with van der Waals surface area (Å²) in [5, 5.41) is 2.90. The van der Waals surface area contributed by atoms with Gasteiger partial charge in [-0.15, -0.1) is 0 Å². The molecule has 0 atom stereocenters. The Morgan fingerprint density at radius 1 is 0.853 bits per heavy atom. The Hall–Kier alpha value is -4.39. The molecule has 0 aliphatic carbocycles. The maximum atomic E-state index is 12.9. The van der Waals surface area contributed by atoms with Crippen LogP contribution in [0.4, 0.5) is 5.69 Å². The zero-order valence-electron chi connectivity index (χ0n) is 18.8. The molecule has 0 saturated heterocycles. The predicted octanol–water partition coefficient (Wildman–Crippen LogP) is 5.29. The summed E-state index contributed by atoms with van der Waals surface area (Å²) >= 11 is 0. The molecule has 0 spiro atoms. The second-order valence-corrected chi connectivity index (χ2v) is 7.34. The molecule has 4 aromatic rings. The Labute approximate surface area is 198 Å². The van der Waals surface area contributed by atoms with Gasteiger partial charge in [0.15, 0.2) is 11.5 Å². The fourth-order valence-corrected chi connectivity index (χ4v) is 3.19. The minimum Gasteiger partial charge on any atom is -0.490 e. The number of benzene rings is 2. The molecule has 2 aromatic heterocycles. The number of hydrogen-bond donors (Lipinski definition) is 1. The van der Waals surface area contributed by atoms with Gasteiger partial charge in [0.1, 0.15) is 19.0 Å². The van der Waals surface area contributed by atoms with E-state index in [1.54, 1.807) is 48.9 Å². The molecule has 0 bridgehead atoms. The van der Waals surface area contributed by atoms with Crippen LogP contribution < -0.4 is 19.5 Å². The number of ether oxygens (including phenoxy) is 3. The monoisotopic (exact) mass is 455 g/mol. The van der Waals surface area contributed by atoms with E-state index in [1.807, 2.05) is 49.4 Å². The van der Waals surface area contributed by atoms with E-state index in [1.165, 1.54) is 0 Å². The van der Waals surface area contributed by atoms with Crippen LogP contribution in [-0.4, -0.2) is 22.5 Å². The second-order valence-electron chi connectivity index (χ2n) is 7.34. The lowest BCUT2D eigenvalue weighted by Crippen LogP contribution is -2.12. The number of pyridine rings is 2. The smallest absolute Gasteiger partial charge is 0.255 e. The molecule has 0 aliphatic rings. The van der Waals surface area contributed by atoms with Crippen molar-refractivity contribution in [2.75, 3.05) is 11.9 Å². The first-order chi connectivity index (χ1) is 16.7. The Morgan fingerprint density at radius 2 is 1.79 bits per heavy atom. The van der Waals surface area contributed by atoms with E-state index in [-0.39, 0.29) is 5.91 Å². The molecule has 7 heteroatoms. The number of nitrogens with one attached hydrogen (secondary N) is 1. The topological polar surface area (TPSA) is 82.6 Å². The van der Waals surface area contributed by atoms with Gasteiger partial charge < -0.3 is 19.5 Å². The number of carbonyl (C=O) groups is 1. The summed E-state index contributed by atoms with van der Waals surface area (Å²) in [6.07, 6.45) is 5.18. The molecule has 1 amide bonds. The summed E-state index contributed by atoms with van der Waals surface area (Å²) in [4.78, 5) is 21.2. The maximum Gasteiger partial charge on any atom is 0.255 e. The van der Waals surface area contributed by atoms with Gasteiger partial charge in [-0.05, 0) is 55.5 Å². The Balaban J connectivity index is 1.41. The highest BCUT2D eigenvalue weighted by molar-refractivity contribution is 6.04. The van der Waals surface area contributed by atoms with E-state index in [0.29, 0.717) is 48.3 Å². The zero-order valence-corrected chi connectivity index (χ0v) is 18.8. The summed E-state index contributed by atoms with van der Waals surface area (Å²) < 4.78 is 17.4. The van der Waals surface area contributed by atoms with Crippen molar-refractivity contribution >= 4 is 11.6 Å². The molecule has 2 aromatic carbocycles. The number of carbonyl (C=O) groups excluding carboxylic acids is 1. The van der Waals surface area contributed by atoms with Crippen LogP contribution in [-0.2, 0) is 13.2 Å². The Morgan fingerprint density at radius 3 is 2.59 bits per heavy atom. The van der Waals surface area contributed by atoms with Crippen LogP contribution in [0.1, 0.15) is 28.5 Å². The number of aromatic nitrogens is 2. The van der Waals surface area contributed by atoms with E-state index in [9.17, 15) is 4.79 Å². The minimum atomic E-state index is -0.262. The first kappa shape index (κ1) is 22.8. The van der Waals surface area contributed by atoms with Gasteiger partial charge in [0.05, 0.1) is 12.3 Å². The number of hydrogen-bond acceptors (Lipinski definition) is 6. The van der Waals surface area contributed by atoms with Gasteiger partial charge in [0, 0.05) is 41.5 Å². The fraction of sp³-hybridized carbons (Fsp3) is 0.148. The van der Waals surface area contributed by atoms with Crippen LogP contribution in [0.2, 0.25) is 0 Å². The lowest BCUT2D eigenvalue weighted by atomic mass is 10.1. The fourth-order valence-electron chi connectivity index (χ4n) is 3.19. The molecule has 34 heavy (non-hydrogen) atoms. The van der Waals surface area contributed by atoms with Crippen LogP contribution in [0.3, 0.4) is 0 Å². The van der Waals surface area contributed by atoms with Crippen LogP contribution in [0.25, 0.3) is 0 Å². The summed E-state index contributed by atoms with van der Waals surface area (Å²) in [5.41, 5.74) is 2.85. The molecule has 0 unspecified atom stereocenters. The van der Waals surface area contributed by atoms with Crippen molar-refractivity contribution in [3.63, 3.8) is 0 Å². The standard InChI is InChI=1S/C27H25N3O4/c1-2-32-26-15-21(11-12-25(26)34-18-20-7-6-13-28-17-20)27(31)30-22-9-5-10-24(16-22)33-19-23-8-3-4-14-29-23/h3-17H,2,18-19H2,1H3,(H,30,31). The van der Waals surface area contributed by atoms with E-state index in [4.69, 9.17) is 14.2 Å². The van der Waals surface area contributed by atoms with Gasteiger partial charge in [0.2, 0.25) is 0 Å². The summed E-state index contributed by atoms with van der Waals surface area (Å²) in [7, 11) is 0. The summed E-state index contributed by atoms with van der Waals surface area (Å²) in [5.74, 6) is 1.44. The normalized spacial score (nSPS) is 10.4. The quantitative estimate of drug-likeness (QED) is 0.350. The molecule has 1 N–H and O–H groups in total. The average Bonchev–Trinajstić information content (AvgIpc) is 2.88. The molecule has 0 radical (unpaired) electrons. The van der Waals surface area contributed by atoms with Crippen LogP contribution in [0.15, 0.2) is 91.4 Å². The summed E-state index contributed by atoms with van der Waals surface area (Å²) in [6, 6.07) is 21.8. The van der Waals surface area contributed by atoms with Crippen LogP contribution in [0, 0.1) is 0 Å². The Bertz CT molecular complexity index is 1220. The number of rotatable bonds is 10. The summed E-state index contributed by atoms with van der Waals surface area (Å²) in [6.45, 7) is 3.03. The van der Waals surface area contributed by atoms with Gasteiger partial charge in [-0.3, -0.25) is 14.8 Å². The third-order valence-corrected chi connectivity index (χ3v) is 4.83. The molecule has 0 aliphatic heterocycles. The number of anilines is 1. The Kier molecular flexibility index (Phi) is 7.69. The van der Waals surface area contributed by atoms with Crippen LogP contribution in [0.5, 0.6) is 17.2 Å². The second kappa shape index (κ2) is 11.5. The van der Waals surface area contributed by atoms with Gasteiger partial charge >= 0.3 is 0 Å². The number of nitrogens with zero attached hydrogens (tertiary/aromatic N) is 2. The highest BCUT2D eigenvalue weighted by atomic mass is 16.5. The van der Waals surface area contributed by atoms with E-state index < -0.39 is 0 Å². The highest BCUT2D eigenvalue weighted by Gasteiger charge is 2.13. The van der Waals surface area contributed by atoms with Crippen molar-refractivity contribution in [2.45, 2.75) is 20.1 Å². The molecule has 2 heterocycles. The van der Waals surface area contributed by atoms with Crippen molar-refractivity contribution in [1.29, 1.82) is 0 Å². The zero-order chi connectivity index (χ0) is 23.6. The van der Waals surface area contributed by atoms with Gasteiger partial charge in [-0.1, -0.05) is 18.2 Å². The molecule has 0 saturated carbocycles. The average molecular weight is 456 g/mol. The molecule has 7 nitrogen and oxygen atoms in total. The highest BCUT2D eigenvalue weighted by Crippen LogP contribution is 2.30. The first-order valence-electron chi connectivity index (χ1n) is 10.9. The number of amides is 1. The van der Waals surface area contributed by atoms with Crippen molar-refractivity contribution < 1.29 is 19.0 Å². The predicted molar refractivity (Wildman–Crippen MR) is 129 cm³/mol. The van der Waals surface area contributed by atoms with Gasteiger partial charge in [-0.2, -0.15) is 0 Å². The van der Waals surface area contributed by atoms with Crippen LogP contribution >= 0.6 is 0 Å². The van der Waals surface area contributed by atoms with E-state index in [2.05, 4.69) is 15.3 Å². The third-order valence-electron chi connectivity index (χ3n) is 4.83. The lowest BCUT2D eigenvalue weighted by molar-refractivity contribution is 0.102. The SMILES string of the molecule is CCOc1cc(C(=O)Nc2cccc(OCc3ccccn3)c2)ccc1OCc1cccnc1.